The third-order valence-electron chi connectivity index (χ3n) is 1.62. The first kappa shape index (κ1) is 9.92. The van der Waals surface area contributed by atoms with Gasteiger partial charge in [0.1, 0.15) is 0 Å². The Morgan fingerprint density at radius 2 is 2.27 bits per heavy atom. The fraction of sp³-hybridized carbons (Fsp3) is 0.714. The van der Waals surface area contributed by atoms with Crippen molar-refractivity contribution in [2.24, 2.45) is 5.92 Å². The number of carbonyl (C=O) groups is 1. The number of hydrogen-bond acceptors (Lipinski definition) is 4. The molecule has 0 aromatic heterocycles. The molecule has 11 heavy (non-hydrogen) atoms. The van der Waals surface area contributed by atoms with Crippen molar-refractivity contribution in [1.29, 1.82) is 5.26 Å². The molecule has 0 aliphatic heterocycles. The highest BCUT2D eigenvalue weighted by Crippen LogP contribution is 2.16. The lowest BCUT2D eigenvalue weighted by atomic mass is 9.93. The summed E-state index contributed by atoms with van der Waals surface area (Å²) in [4.78, 5) is 10.8. The molecule has 0 aliphatic carbocycles. The molecule has 2 unspecified atom stereocenters. The van der Waals surface area contributed by atoms with Crippen LogP contribution in [0.5, 0.6) is 0 Å². The van der Waals surface area contributed by atoms with E-state index in [1.807, 2.05) is 0 Å². The van der Waals surface area contributed by atoms with Gasteiger partial charge in [0, 0.05) is 0 Å². The maximum atomic E-state index is 10.8. The Hall–Kier alpha value is -1.08. The molecule has 0 aromatic carbocycles. The smallest absolute Gasteiger partial charge is 0.312 e. The molecule has 0 saturated carbocycles. The minimum Gasteiger partial charge on any atom is -0.469 e. The minimum absolute atomic E-state index is 0.587. The first-order valence-corrected chi connectivity index (χ1v) is 3.17. The largest absolute Gasteiger partial charge is 0.469 e. The molecule has 1 N–H and O–H groups in total. The van der Waals surface area contributed by atoms with Gasteiger partial charge in [-0.2, -0.15) is 5.26 Å². The van der Waals surface area contributed by atoms with Crippen molar-refractivity contribution in [1.82, 2.24) is 0 Å². The normalized spacial score (nSPS) is 17.7. The standard InChI is InChI=1S/C7H11NO3/c1-5(6(9)11-3)7(2,10)4-8/h5,10H,1-3H3. The van der Waals surface area contributed by atoms with E-state index < -0.39 is 17.5 Å². The third-order valence-corrected chi connectivity index (χ3v) is 1.62. The van der Waals surface area contributed by atoms with Crippen molar-refractivity contribution in [3.05, 3.63) is 0 Å². The molecule has 0 heterocycles. The van der Waals surface area contributed by atoms with Gasteiger partial charge in [0.2, 0.25) is 0 Å². The summed E-state index contributed by atoms with van der Waals surface area (Å²) in [5.74, 6) is -1.41. The van der Waals surface area contributed by atoms with E-state index in [2.05, 4.69) is 4.74 Å². The molecule has 0 aliphatic rings. The first-order chi connectivity index (χ1) is 4.95. The Bertz CT molecular complexity index is 192. The van der Waals surface area contributed by atoms with Crippen LogP contribution in [0, 0.1) is 17.2 Å². The van der Waals surface area contributed by atoms with Gasteiger partial charge in [-0.05, 0) is 13.8 Å². The quantitative estimate of drug-likeness (QED) is 0.455. The van der Waals surface area contributed by atoms with Crippen LogP contribution in [0.3, 0.4) is 0 Å². The average Bonchev–Trinajstić information content (AvgIpc) is 2.01. The lowest BCUT2D eigenvalue weighted by molar-refractivity contribution is -0.150. The zero-order valence-electron chi connectivity index (χ0n) is 6.79. The monoisotopic (exact) mass is 157 g/mol. The number of rotatable bonds is 2. The van der Waals surface area contributed by atoms with Crippen LogP contribution in [0.15, 0.2) is 0 Å². The van der Waals surface area contributed by atoms with Crippen molar-refractivity contribution < 1.29 is 14.6 Å². The molecule has 0 radical (unpaired) electrons. The van der Waals surface area contributed by atoms with Gasteiger partial charge in [0.15, 0.2) is 5.60 Å². The maximum absolute atomic E-state index is 10.8. The molecular formula is C7H11NO3. The minimum atomic E-state index is -1.65. The summed E-state index contributed by atoms with van der Waals surface area (Å²) in [7, 11) is 1.21. The number of methoxy groups -OCH3 is 1. The molecular weight excluding hydrogens is 146 g/mol. The summed E-state index contributed by atoms with van der Waals surface area (Å²) in [6.45, 7) is 2.71. The summed E-state index contributed by atoms with van der Waals surface area (Å²) in [5, 5.41) is 17.6. The second kappa shape index (κ2) is 3.35. The Morgan fingerprint density at radius 1 is 1.82 bits per heavy atom. The third kappa shape index (κ3) is 2.20. The van der Waals surface area contributed by atoms with Gasteiger partial charge >= 0.3 is 5.97 Å². The molecule has 0 spiro atoms. The lowest BCUT2D eigenvalue weighted by Gasteiger charge is -2.19. The van der Waals surface area contributed by atoms with Crippen molar-refractivity contribution in [3.63, 3.8) is 0 Å². The fourth-order valence-corrected chi connectivity index (χ4v) is 0.503. The van der Waals surface area contributed by atoms with E-state index in [4.69, 9.17) is 5.26 Å². The first-order valence-electron chi connectivity index (χ1n) is 3.17. The summed E-state index contributed by atoms with van der Waals surface area (Å²) >= 11 is 0. The van der Waals surface area contributed by atoms with Gasteiger partial charge in [-0.1, -0.05) is 0 Å². The molecule has 0 saturated heterocycles. The van der Waals surface area contributed by atoms with E-state index >= 15 is 0 Å². The van der Waals surface area contributed by atoms with Crippen LogP contribution < -0.4 is 0 Å². The number of hydrogen-bond donors (Lipinski definition) is 1. The molecule has 4 heteroatoms. The summed E-state index contributed by atoms with van der Waals surface area (Å²) in [5.41, 5.74) is -1.65. The predicted molar refractivity (Wildman–Crippen MR) is 37.4 cm³/mol. The number of esters is 1. The number of aliphatic hydroxyl groups is 1. The van der Waals surface area contributed by atoms with Gasteiger partial charge < -0.3 is 9.84 Å². The fourth-order valence-electron chi connectivity index (χ4n) is 0.503. The molecule has 2 atom stereocenters. The maximum Gasteiger partial charge on any atom is 0.312 e. The van der Waals surface area contributed by atoms with Crippen LogP contribution in [0.25, 0.3) is 0 Å². The molecule has 4 nitrogen and oxygen atoms in total. The van der Waals surface area contributed by atoms with Gasteiger partial charge in [-0.25, -0.2) is 0 Å². The van der Waals surface area contributed by atoms with Crippen molar-refractivity contribution >= 4 is 5.97 Å². The Balaban J connectivity index is 4.38. The second-order valence-corrected chi connectivity index (χ2v) is 2.50. The van der Waals surface area contributed by atoms with Crippen molar-refractivity contribution in [2.45, 2.75) is 19.4 Å². The molecule has 0 aromatic rings. The summed E-state index contributed by atoms with van der Waals surface area (Å²) in [6.07, 6.45) is 0. The Kier molecular flexibility index (Phi) is 3.02. The van der Waals surface area contributed by atoms with Crippen LogP contribution in [0.2, 0.25) is 0 Å². The summed E-state index contributed by atoms with van der Waals surface area (Å²) < 4.78 is 4.35. The van der Waals surface area contributed by atoms with Gasteiger partial charge in [0.05, 0.1) is 19.1 Å². The zero-order valence-corrected chi connectivity index (χ0v) is 6.79. The van der Waals surface area contributed by atoms with Gasteiger partial charge in [0.25, 0.3) is 0 Å². The van der Waals surface area contributed by atoms with E-state index in [1.165, 1.54) is 21.0 Å². The number of ether oxygens (including phenoxy) is 1. The van der Waals surface area contributed by atoms with Crippen LogP contribution in [-0.4, -0.2) is 23.8 Å². The van der Waals surface area contributed by atoms with Crippen LogP contribution >= 0.6 is 0 Å². The van der Waals surface area contributed by atoms with Gasteiger partial charge in [-0.15, -0.1) is 0 Å². The topological polar surface area (TPSA) is 70.3 Å². The SMILES string of the molecule is COC(=O)C(C)C(C)(O)C#N. The highest BCUT2D eigenvalue weighted by molar-refractivity contribution is 5.73. The molecule has 0 rings (SSSR count). The molecule has 0 fully saturated rings. The lowest BCUT2D eigenvalue weighted by Crippen LogP contribution is -2.36. The van der Waals surface area contributed by atoms with Crippen LogP contribution in [0.4, 0.5) is 0 Å². The highest BCUT2D eigenvalue weighted by atomic mass is 16.5. The van der Waals surface area contributed by atoms with E-state index in [1.54, 1.807) is 6.07 Å². The number of nitrogens with zero attached hydrogens (tertiary/aromatic N) is 1. The van der Waals surface area contributed by atoms with E-state index in [-0.39, 0.29) is 0 Å². The predicted octanol–water partition coefficient (Wildman–Crippen LogP) is 0.0701. The van der Waals surface area contributed by atoms with Crippen LogP contribution in [-0.2, 0) is 9.53 Å². The van der Waals surface area contributed by atoms with Crippen LogP contribution in [0.1, 0.15) is 13.8 Å². The van der Waals surface area contributed by atoms with E-state index in [9.17, 15) is 9.90 Å². The molecule has 0 bridgehead atoms. The zero-order chi connectivity index (χ0) is 9.07. The average molecular weight is 157 g/mol. The van der Waals surface area contributed by atoms with E-state index in [0.29, 0.717) is 0 Å². The molecule has 0 amide bonds. The van der Waals surface area contributed by atoms with Crippen molar-refractivity contribution in [3.8, 4) is 6.07 Å². The summed E-state index contributed by atoms with van der Waals surface area (Å²) in [6, 6.07) is 1.61. The van der Waals surface area contributed by atoms with E-state index in [0.717, 1.165) is 0 Å². The number of nitriles is 1. The Labute approximate surface area is 65.4 Å². The second-order valence-electron chi connectivity index (χ2n) is 2.50. The van der Waals surface area contributed by atoms with Crippen molar-refractivity contribution in [2.75, 3.05) is 7.11 Å². The highest BCUT2D eigenvalue weighted by Gasteiger charge is 2.34. The number of carbonyl (C=O) groups excluding carboxylic acids is 1. The van der Waals surface area contributed by atoms with Gasteiger partial charge in [-0.3, -0.25) is 4.79 Å². The Morgan fingerprint density at radius 3 is 2.55 bits per heavy atom. The molecule has 62 valence electrons.